The summed E-state index contributed by atoms with van der Waals surface area (Å²) in [6, 6.07) is 15.1. The van der Waals surface area contributed by atoms with Gasteiger partial charge >= 0.3 is 0 Å². The highest BCUT2D eigenvalue weighted by Gasteiger charge is 2.14. The van der Waals surface area contributed by atoms with Crippen molar-refractivity contribution in [3.05, 3.63) is 76.2 Å². The largest absolute Gasteiger partial charge is 0.486 e. The molecule has 0 fully saturated rings. The molecule has 1 aromatic heterocycles. The standard InChI is InChI=1S/C23H22N4O5/c1-15-2-4-16(5-3-15)25-23(30)18-7-9-22(29)27(26-18)11-10-21(28)24-17-6-8-19-20(14-17)32-13-12-31-19/h2-9,14H,10-13H2,1H3,(H,24,28)(H,25,30). The first-order valence-electron chi connectivity index (χ1n) is 10.1. The Balaban J connectivity index is 1.37. The first-order chi connectivity index (χ1) is 15.5. The molecule has 0 aliphatic carbocycles. The molecule has 9 nitrogen and oxygen atoms in total. The van der Waals surface area contributed by atoms with Crippen LogP contribution >= 0.6 is 0 Å². The summed E-state index contributed by atoms with van der Waals surface area (Å²) >= 11 is 0. The minimum absolute atomic E-state index is 0.00435. The van der Waals surface area contributed by atoms with E-state index in [9.17, 15) is 14.4 Å². The van der Waals surface area contributed by atoms with Crippen LogP contribution in [0.3, 0.4) is 0 Å². The average molecular weight is 434 g/mol. The molecular weight excluding hydrogens is 412 g/mol. The zero-order valence-electron chi connectivity index (χ0n) is 17.5. The lowest BCUT2D eigenvalue weighted by Crippen LogP contribution is -2.28. The minimum atomic E-state index is -0.441. The van der Waals surface area contributed by atoms with Gasteiger partial charge in [-0.25, -0.2) is 4.68 Å². The van der Waals surface area contributed by atoms with E-state index >= 15 is 0 Å². The van der Waals surface area contributed by atoms with Gasteiger partial charge in [0.25, 0.3) is 11.5 Å². The van der Waals surface area contributed by atoms with Gasteiger partial charge in [-0.2, -0.15) is 5.10 Å². The molecule has 0 unspecified atom stereocenters. The number of hydrogen-bond acceptors (Lipinski definition) is 6. The number of aromatic nitrogens is 2. The van der Waals surface area contributed by atoms with Gasteiger partial charge in [-0.05, 0) is 37.3 Å². The number of aryl methyl sites for hydroxylation is 2. The van der Waals surface area contributed by atoms with E-state index in [0.717, 1.165) is 10.2 Å². The van der Waals surface area contributed by atoms with Crippen molar-refractivity contribution in [1.29, 1.82) is 0 Å². The van der Waals surface area contributed by atoms with Crippen molar-refractivity contribution in [3.63, 3.8) is 0 Å². The monoisotopic (exact) mass is 434 g/mol. The number of carbonyl (C=O) groups is 2. The summed E-state index contributed by atoms with van der Waals surface area (Å²) in [6.07, 6.45) is 0.00435. The van der Waals surface area contributed by atoms with Crippen LogP contribution in [-0.2, 0) is 11.3 Å². The second-order valence-electron chi connectivity index (χ2n) is 7.26. The molecule has 0 spiro atoms. The number of ether oxygens (including phenoxy) is 2. The summed E-state index contributed by atoms with van der Waals surface area (Å²) in [5.74, 6) is 0.457. The molecule has 1 aliphatic rings. The van der Waals surface area contributed by atoms with Crippen LogP contribution in [0.5, 0.6) is 11.5 Å². The maximum absolute atomic E-state index is 12.5. The molecule has 0 radical (unpaired) electrons. The Hall–Kier alpha value is -4.14. The van der Waals surface area contributed by atoms with Crippen molar-refractivity contribution < 1.29 is 19.1 Å². The van der Waals surface area contributed by atoms with Gasteiger partial charge in [0, 0.05) is 29.9 Å². The zero-order valence-corrected chi connectivity index (χ0v) is 17.5. The number of carbonyl (C=O) groups excluding carboxylic acids is 2. The molecule has 2 amide bonds. The maximum atomic E-state index is 12.5. The van der Waals surface area contributed by atoms with Gasteiger partial charge in [0.05, 0.1) is 6.54 Å². The first-order valence-corrected chi connectivity index (χ1v) is 10.1. The van der Waals surface area contributed by atoms with E-state index in [0.29, 0.717) is 36.1 Å². The number of fused-ring (bicyclic) bond motifs is 1. The molecule has 2 heterocycles. The molecule has 0 saturated carbocycles. The lowest BCUT2D eigenvalue weighted by molar-refractivity contribution is -0.116. The highest BCUT2D eigenvalue weighted by Crippen LogP contribution is 2.32. The van der Waals surface area contributed by atoms with E-state index in [1.807, 2.05) is 19.1 Å². The minimum Gasteiger partial charge on any atom is -0.486 e. The van der Waals surface area contributed by atoms with Gasteiger partial charge in [-0.1, -0.05) is 17.7 Å². The van der Waals surface area contributed by atoms with E-state index < -0.39 is 11.5 Å². The van der Waals surface area contributed by atoms with E-state index in [-0.39, 0.29) is 24.6 Å². The van der Waals surface area contributed by atoms with Crippen molar-refractivity contribution in [2.75, 3.05) is 23.8 Å². The van der Waals surface area contributed by atoms with Gasteiger partial charge in [0.15, 0.2) is 11.5 Å². The molecule has 1 aliphatic heterocycles. The first kappa shape index (κ1) is 21.1. The molecule has 4 rings (SSSR count). The molecule has 0 saturated heterocycles. The molecule has 32 heavy (non-hydrogen) atoms. The summed E-state index contributed by atoms with van der Waals surface area (Å²) < 4.78 is 12.1. The van der Waals surface area contributed by atoms with Crippen LogP contribution in [0.1, 0.15) is 22.5 Å². The third-order valence-electron chi connectivity index (χ3n) is 4.79. The Bertz CT molecular complexity index is 1200. The summed E-state index contributed by atoms with van der Waals surface area (Å²) in [5, 5.41) is 9.59. The van der Waals surface area contributed by atoms with Crippen LogP contribution in [0.15, 0.2) is 59.4 Å². The molecule has 3 aromatic rings. The van der Waals surface area contributed by atoms with Crippen LogP contribution in [0, 0.1) is 6.92 Å². The third kappa shape index (κ3) is 5.12. The van der Waals surface area contributed by atoms with E-state index in [4.69, 9.17) is 9.47 Å². The molecule has 9 heteroatoms. The quantitative estimate of drug-likeness (QED) is 0.617. The average Bonchev–Trinajstić information content (AvgIpc) is 2.80. The highest BCUT2D eigenvalue weighted by molar-refractivity contribution is 6.02. The van der Waals surface area contributed by atoms with Crippen molar-refractivity contribution in [2.45, 2.75) is 19.9 Å². The van der Waals surface area contributed by atoms with E-state index in [1.165, 1.54) is 12.1 Å². The van der Waals surface area contributed by atoms with Gasteiger partial charge in [0.2, 0.25) is 5.91 Å². The van der Waals surface area contributed by atoms with Crippen molar-refractivity contribution in [3.8, 4) is 11.5 Å². The summed E-state index contributed by atoms with van der Waals surface area (Å²) in [7, 11) is 0. The van der Waals surface area contributed by atoms with Crippen molar-refractivity contribution >= 4 is 23.2 Å². The second-order valence-corrected chi connectivity index (χ2v) is 7.26. The normalized spacial score (nSPS) is 12.2. The number of benzene rings is 2. The van der Waals surface area contributed by atoms with Gasteiger partial charge < -0.3 is 20.1 Å². The second kappa shape index (κ2) is 9.34. The van der Waals surface area contributed by atoms with E-state index in [1.54, 1.807) is 30.3 Å². The van der Waals surface area contributed by atoms with Gasteiger partial charge in [-0.3, -0.25) is 14.4 Å². The number of nitrogens with one attached hydrogen (secondary N) is 2. The molecule has 0 atom stereocenters. The summed E-state index contributed by atoms with van der Waals surface area (Å²) in [5.41, 5.74) is 1.94. The number of nitrogens with zero attached hydrogens (tertiary/aromatic N) is 2. The fourth-order valence-corrected chi connectivity index (χ4v) is 3.11. The van der Waals surface area contributed by atoms with Crippen molar-refractivity contribution in [2.24, 2.45) is 0 Å². The molecule has 2 aromatic carbocycles. The lowest BCUT2D eigenvalue weighted by atomic mass is 10.2. The van der Waals surface area contributed by atoms with Crippen LogP contribution in [0.4, 0.5) is 11.4 Å². The number of rotatable bonds is 6. The Morgan fingerprint density at radius 2 is 1.66 bits per heavy atom. The van der Waals surface area contributed by atoms with Crippen LogP contribution in [0.25, 0.3) is 0 Å². The lowest BCUT2D eigenvalue weighted by Gasteiger charge is -2.19. The smallest absolute Gasteiger partial charge is 0.276 e. The highest BCUT2D eigenvalue weighted by atomic mass is 16.6. The Kier molecular flexibility index (Phi) is 6.16. The molecule has 164 valence electrons. The molecule has 2 N–H and O–H groups in total. The fourth-order valence-electron chi connectivity index (χ4n) is 3.11. The maximum Gasteiger partial charge on any atom is 0.276 e. The van der Waals surface area contributed by atoms with Gasteiger partial charge in [0.1, 0.15) is 18.9 Å². The topological polar surface area (TPSA) is 112 Å². The predicted molar refractivity (Wildman–Crippen MR) is 118 cm³/mol. The van der Waals surface area contributed by atoms with Crippen LogP contribution < -0.4 is 25.7 Å². The Labute approximate surface area is 184 Å². The van der Waals surface area contributed by atoms with E-state index in [2.05, 4.69) is 15.7 Å². The Morgan fingerprint density at radius 3 is 2.44 bits per heavy atom. The van der Waals surface area contributed by atoms with Crippen LogP contribution in [-0.4, -0.2) is 34.8 Å². The SMILES string of the molecule is Cc1ccc(NC(=O)c2ccc(=O)n(CCC(=O)Nc3ccc4c(c3)OCCO4)n2)cc1. The fraction of sp³-hybridized carbons (Fsp3) is 0.217. The Morgan fingerprint density at radius 1 is 0.938 bits per heavy atom. The predicted octanol–water partition coefficient (Wildman–Crippen LogP) is 2.60. The number of hydrogen-bond donors (Lipinski definition) is 2. The zero-order chi connectivity index (χ0) is 22.5. The summed E-state index contributed by atoms with van der Waals surface area (Å²) in [6.45, 7) is 2.92. The van der Waals surface area contributed by atoms with Crippen molar-refractivity contribution in [1.82, 2.24) is 9.78 Å². The molecular formula is C23H22N4O5. The number of anilines is 2. The molecule has 0 bridgehead atoms. The number of amides is 2. The summed E-state index contributed by atoms with van der Waals surface area (Å²) in [4.78, 5) is 36.9. The van der Waals surface area contributed by atoms with Gasteiger partial charge in [-0.15, -0.1) is 0 Å². The third-order valence-corrected chi connectivity index (χ3v) is 4.79. The van der Waals surface area contributed by atoms with Crippen LogP contribution in [0.2, 0.25) is 0 Å².